The van der Waals surface area contributed by atoms with Gasteiger partial charge in [0, 0.05) is 48.0 Å². The maximum atomic E-state index is 13.4. The third-order valence-corrected chi connectivity index (χ3v) is 7.09. The van der Waals surface area contributed by atoms with E-state index in [1.807, 2.05) is 24.5 Å². The Morgan fingerprint density at radius 1 is 1.13 bits per heavy atom. The second kappa shape index (κ2) is 7.65. The Kier molecular flexibility index (Phi) is 4.97. The van der Waals surface area contributed by atoms with Crippen LogP contribution in [0.25, 0.3) is 0 Å². The summed E-state index contributed by atoms with van der Waals surface area (Å²) in [6.07, 6.45) is 5.58. The fraction of sp³-hybridized carbons (Fsp3) is 0.304. The molecule has 0 saturated carbocycles. The number of hydrogen-bond donors (Lipinski definition) is 0. The standard InChI is InChI=1S/C23H20F2N2O2S/c24-19-3-1-15(11-20(19)25)22(28)21-4-2-17(30-21)13-27-9-6-23(7-10-27)18-12-26-8-5-16(18)14-29-23/h1-5,8,11-12H,6-7,9-10,13-14H2. The molecule has 30 heavy (non-hydrogen) atoms. The van der Waals surface area contributed by atoms with Crippen LogP contribution in [0.4, 0.5) is 8.78 Å². The van der Waals surface area contributed by atoms with E-state index in [2.05, 4.69) is 9.88 Å². The topological polar surface area (TPSA) is 42.4 Å². The minimum Gasteiger partial charge on any atom is -0.365 e. The summed E-state index contributed by atoms with van der Waals surface area (Å²) in [5, 5.41) is 0. The van der Waals surface area contributed by atoms with E-state index >= 15 is 0 Å². The van der Waals surface area contributed by atoms with Gasteiger partial charge in [-0.25, -0.2) is 8.78 Å². The van der Waals surface area contributed by atoms with E-state index in [-0.39, 0.29) is 16.9 Å². The number of thiophene rings is 1. The predicted molar refractivity (Wildman–Crippen MR) is 109 cm³/mol. The highest BCUT2D eigenvalue weighted by molar-refractivity contribution is 7.14. The number of rotatable bonds is 4. The van der Waals surface area contributed by atoms with Gasteiger partial charge in [0.1, 0.15) is 0 Å². The molecule has 4 heterocycles. The molecule has 0 atom stereocenters. The SMILES string of the molecule is O=C(c1ccc(F)c(F)c1)c1ccc(CN2CCC3(CC2)OCc2ccncc23)s1. The zero-order valence-corrected chi connectivity index (χ0v) is 17.1. The van der Waals surface area contributed by atoms with Crippen LogP contribution in [-0.2, 0) is 23.5 Å². The number of piperidine rings is 1. The number of ketones is 1. The Hall–Kier alpha value is -2.48. The minimum atomic E-state index is -1.01. The van der Waals surface area contributed by atoms with Crippen LogP contribution < -0.4 is 0 Å². The van der Waals surface area contributed by atoms with Crippen LogP contribution in [0.2, 0.25) is 0 Å². The van der Waals surface area contributed by atoms with Crippen molar-refractivity contribution in [2.24, 2.45) is 0 Å². The average Bonchev–Trinajstić information content (AvgIpc) is 3.37. The molecule has 2 aromatic heterocycles. The van der Waals surface area contributed by atoms with Crippen LogP contribution in [0.3, 0.4) is 0 Å². The number of fused-ring (bicyclic) bond motifs is 2. The molecule has 3 aromatic rings. The number of hydrogen-bond acceptors (Lipinski definition) is 5. The first-order chi connectivity index (χ1) is 14.5. The first-order valence-electron chi connectivity index (χ1n) is 9.92. The number of likely N-dealkylation sites (tertiary alicyclic amines) is 1. The highest BCUT2D eigenvalue weighted by Gasteiger charge is 2.42. The molecular formula is C23H20F2N2O2S. The van der Waals surface area contributed by atoms with Crippen molar-refractivity contribution in [1.82, 2.24) is 9.88 Å². The summed E-state index contributed by atoms with van der Waals surface area (Å²) in [4.78, 5) is 20.8. The van der Waals surface area contributed by atoms with Crippen LogP contribution in [0.15, 0.2) is 48.8 Å². The molecule has 1 fully saturated rings. The van der Waals surface area contributed by atoms with Gasteiger partial charge in [-0.15, -0.1) is 11.3 Å². The molecule has 1 saturated heterocycles. The average molecular weight is 426 g/mol. The fourth-order valence-corrected chi connectivity index (χ4v) is 5.34. The zero-order chi connectivity index (χ0) is 20.7. The molecule has 0 aliphatic carbocycles. The van der Waals surface area contributed by atoms with Gasteiger partial charge in [0.25, 0.3) is 0 Å². The fourth-order valence-electron chi connectivity index (χ4n) is 4.32. The van der Waals surface area contributed by atoms with E-state index in [4.69, 9.17) is 4.74 Å². The van der Waals surface area contributed by atoms with E-state index in [9.17, 15) is 13.6 Å². The molecule has 4 nitrogen and oxygen atoms in total. The number of carbonyl (C=O) groups excluding carboxylic acids is 1. The number of ether oxygens (including phenoxy) is 1. The number of aromatic nitrogens is 1. The van der Waals surface area contributed by atoms with Gasteiger partial charge in [-0.3, -0.25) is 14.7 Å². The van der Waals surface area contributed by atoms with E-state index < -0.39 is 11.6 Å². The number of halogens is 2. The summed E-state index contributed by atoms with van der Waals surface area (Å²) >= 11 is 1.40. The normalized spacial score (nSPS) is 17.9. The highest BCUT2D eigenvalue weighted by Crippen LogP contribution is 2.43. The molecule has 154 valence electrons. The first-order valence-corrected chi connectivity index (χ1v) is 10.7. The van der Waals surface area contributed by atoms with E-state index in [1.54, 1.807) is 6.07 Å². The van der Waals surface area contributed by atoms with E-state index in [0.29, 0.717) is 11.5 Å². The third-order valence-electron chi connectivity index (χ3n) is 6.02. The van der Waals surface area contributed by atoms with Gasteiger partial charge in [0.2, 0.25) is 5.78 Å². The molecule has 1 spiro atoms. The monoisotopic (exact) mass is 426 g/mol. The number of benzene rings is 1. The number of pyridine rings is 1. The summed E-state index contributed by atoms with van der Waals surface area (Å²) in [7, 11) is 0. The summed E-state index contributed by atoms with van der Waals surface area (Å²) in [5.41, 5.74) is 2.40. The lowest BCUT2D eigenvalue weighted by Crippen LogP contribution is -2.42. The molecule has 7 heteroatoms. The highest BCUT2D eigenvalue weighted by atomic mass is 32.1. The van der Waals surface area contributed by atoms with Gasteiger partial charge >= 0.3 is 0 Å². The number of nitrogens with zero attached hydrogens (tertiary/aromatic N) is 2. The van der Waals surface area contributed by atoms with Gasteiger partial charge in [-0.05, 0) is 54.8 Å². The van der Waals surface area contributed by atoms with Gasteiger partial charge in [-0.1, -0.05) is 0 Å². The second-order valence-electron chi connectivity index (χ2n) is 7.82. The lowest BCUT2D eigenvalue weighted by atomic mass is 9.85. The molecule has 2 aliphatic rings. The van der Waals surface area contributed by atoms with Crippen LogP contribution in [-0.4, -0.2) is 28.8 Å². The van der Waals surface area contributed by atoms with E-state index in [0.717, 1.165) is 49.5 Å². The molecule has 0 unspecified atom stereocenters. The van der Waals surface area contributed by atoms with Crippen molar-refractivity contribution in [3.05, 3.63) is 86.9 Å². The van der Waals surface area contributed by atoms with Crippen molar-refractivity contribution in [3.8, 4) is 0 Å². The van der Waals surface area contributed by atoms with Crippen LogP contribution in [0.1, 0.15) is 44.1 Å². The van der Waals surface area contributed by atoms with Crippen molar-refractivity contribution in [2.45, 2.75) is 31.6 Å². The molecule has 0 bridgehead atoms. The molecule has 0 amide bonds. The van der Waals surface area contributed by atoms with Gasteiger partial charge in [0.05, 0.1) is 17.1 Å². The van der Waals surface area contributed by atoms with Gasteiger partial charge < -0.3 is 4.74 Å². The largest absolute Gasteiger partial charge is 0.365 e. The lowest BCUT2D eigenvalue weighted by molar-refractivity contribution is -0.0799. The summed E-state index contributed by atoms with van der Waals surface area (Å²) < 4.78 is 32.7. The second-order valence-corrected chi connectivity index (χ2v) is 8.98. The molecular weight excluding hydrogens is 406 g/mol. The van der Waals surface area contributed by atoms with Crippen LogP contribution in [0.5, 0.6) is 0 Å². The predicted octanol–water partition coefficient (Wildman–Crippen LogP) is 4.67. The Morgan fingerprint density at radius 2 is 1.97 bits per heavy atom. The minimum absolute atomic E-state index is 0.160. The maximum Gasteiger partial charge on any atom is 0.203 e. The maximum absolute atomic E-state index is 13.4. The van der Waals surface area contributed by atoms with Crippen molar-refractivity contribution in [2.75, 3.05) is 13.1 Å². The third kappa shape index (κ3) is 3.47. The Balaban J connectivity index is 1.24. The van der Waals surface area contributed by atoms with Crippen molar-refractivity contribution in [1.29, 1.82) is 0 Å². The quantitative estimate of drug-likeness (QED) is 0.569. The van der Waals surface area contributed by atoms with Crippen molar-refractivity contribution >= 4 is 17.1 Å². The van der Waals surface area contributed by atoms with Gasteiger partial charge in [-0.2, -0.15) is 0 Å². The molecule has 2 aliphatic heterocycles. The summed E-state index contributed by atoms with van der Waals surface area (Å²) in [5.74, 6) is -2.25. The Morgan fingerprint density at radius 3 is 2.77 bits per heavy atom. The molecule has 0 radical (unpaired) electrons. The summed E-state index contributed by atoms with van der Waals surface area (Å²) in [6, 6.07) is 8.99. The van der Waals surface area contributed by atoms with Crippen LogP contribution in [0, 0.1) is 11.6 Å². The van der Waals surface area contributed by atoms with Crippen molar-refractivity contribution < 1.29 is 18.3 Å². The van der Waals surface area contributed by atoms with Gasteiger partial charge in [0.15, 0.2) is 11.6 Å². The zero-order valence-electron chi connectivity index (χ0n) is 16.2. The van der Waals surface area contributed by atoms with Crippen molar-refractivity contribution in [3.63, 3.8) is 0 Å². The smallest absolute Gasteiger partial charge is 0.203 e. The van der Waals surface area contributed by atoms with E-state index in [1.165, 1.54) is 28.5 Å². The molecule has 5 rings (SSSR count). The lowest BCUT2D eigenvalue weighted by Gasteiger charge is -2.39. The van der Waals surface area contributed by atoms with Crippen LogP contribution >= 0.6 is 11.3 Å². The Bertz CT molecular complexity index is 1110. The molecule has 1 aromatic carbocycles. The molecule has 0 N–H and O–H groups in total. The first kappa shape index (κ1) is 19.5. The summed E-state index contributed by atoms with van der Waals surface area (Å²) in [6.45, 7) is 3.21. The number of carbonyl (C=O) groups is 1. The Labute approximate surface area is 177 Å².